The van der Waals surface area contributed by atoms with Crippen LogP contribution in [0.3, 0.4) is 0 Å². The van der Waals surface area contributed by atoms with Crippen LogP contribution in [0, 0.1) is 11.8 Å². The lowest BCUT2D eigenvalue weighted by atomic mass is 9.98. The van der Waals surface area contributed by atoms with E-state index >= 15 is 0 Å². The average molecular weight is 353 g/mol. The van der Waals surface area contributed by atoms with Crippen molar-refractivity contribution in [1.82, 2.24) is 4.90 Å². The van der Waals surface area contributed by atoms with E-state index in [1.54, 1.807) is 4.90 Å². The van der Waals surface area contributed by atoms with E-state index in [1.807, 2.05) is 24.3 Å². The van der Waals surface area contributed by atoms with E-state index in [0.717, 1.165) is 0 Å². The summed E-state index contributed by atoms with van der Waals surface area (Å²) in [6.45, 7) is 1.09. The molecule has 0 radical (unpaired) electrons. The van der Waals surface area contributed by atoms with Gasteiger partial charge in [-0.05, 0) is 22.3 Å². The van der Waals surface area contributed by atoms with E-state index in [0.29, 0.717) is 13.1 Å². The van der Waals surface area contributed by atoms with Gasteiger partial charge in [0, 0.05) is 44.1 Å². The van der Waals surface area contributed by atoms with Crippen molar-refractivity contribution in [3.8, 4) is 11.1 Å². The van der Waals surface area contributed by atoms with Gasteiger partial charge < -0.3 is 19.8 Å². The van der Waals surface area contributed by atoms with Gasteiger partial charge in [-0.3, -0.25) is 0 Å². The molecule has 2 N–H and O–H groups in total. The number of rotatable bonds is 4. The summed E-state index contributed by atoms with van der Waals surface area (Å²) in [5, 5.41) is 18.8. The predicted octanol–water partition coefficient (Wildman–Crippen LogP) is 2.47. The van der Waals surface area contributed by atoms with Crippen molar-refractivity contribution in [1.29, 1.82) is 0 Å². The maximum Gasteiger partial charge on any atom is 0.409 e. The van der Waals surface area contributed by atoms with Gasteiger partial charge in [-0.1, -0.05) is 48.5 Å². The molecule has 26 heavy (non-hydrogen) atoms. The van der Waals surface area contributed by atoms with Crippen LogP contribution in [0.15, 0.2) is 48.5 Å². The predicted molar refractivity (Wildman–Crippen MR) is 97.8 cm³/mol. The van der Waals surface area contributed by atoms with Gasteiger partial charge in [-0.2, -0.15) is 0 Å². The molecule has 0 unspecified atom stereocenters. The Morgan fingerprint density at radius 1 is 0.923 bits per heavy atom. The highest BCUT2D eigenvalue weighted by Gasteiger charge is 2.36. The molecule has 0 aromatic heterocycles. The number of likely N-dealkylation sites (tertiary alicyclic amines) is 1. The number of ether oxygens (including phenoxy) is 1. The quantitative estimate of drug-likeness (QED) is 0.886. The van der Waals surface area contributed by atoms with Gasteiger partial charge in [0.25, 0.3) is 0 Å². The van der Waals surface area contributed by atoms with Crippen LogP contribution in [0.4, 0.5) is 4.79 Å². The smallest absolute Gasteiger partial charge is 0.409 e. The first-order chi connectivity index (χ1) is 12.7. The van der Waals surface area contributed by atoms with E-state index in [2.05, 4.69) is 24.3 Å². The summed E-state index contributed by atoms with van der Waals surface area (Å²) < 4.78 is 5.63. The lowest BCUT2D eigenvalue weighted by Gasteiger charge is -2.19. The number of aliphatic hydroxyl groups is 2. The first-order valence-electron chi connectivity index (χ1n) is 9.04. The second kappa shape index (κ2) is 7.09. The molecule has 2 atom stereocenters. The third-order valence-corrected chi connectivity index (χ3v) is 5.64. The molecule has 0 bridgehead atoms. The Balaban J connectivity index is 1.48. The third kappa shape index (κ3) is 2.87. The summed E-state index contributed by atoms with van der Waals surface area (Å²) in [6.07, 6.45) is -0.374. The zero-order valence-electron chi connectivity index (χ0n) is 14.5. The van der Waals surface area contributed by atoms with E-state index < -0.39 is 0 Å². The van der Waals surface area contributed by atoms with Crippen LogP contribution < -0.4 is 0 Å². The molecule has 1 aliphatic heterocycles. The van der Waals surface area contributed by atoms with Crippen LogP contribution >= 0.6 is 0 Å². The minimum Gasteiger partial charge on any atom is -0.448 e. The Morgan fingerprint density at radius 3 is 1.92 bits per heavy atom. The van der Waals surface area contributed by atoms with Gasteiger partial charge >= 0.3 is 6.09 Å². The summed E-state index contributed by atoms with van der Waals surface area (Å²) in [6, 6.07) is 16.5. The minimum atomic E-state index is -0.374. The van der Waals surface area contributed by atoms with Gasteiger partial charge in [-0.25, -0.2) is 4.79 Å². The van der Waals surface area contributed by atoms with Crippen molar-refractivity contribution in [2.75, 3.05) is 32.9 Å². The Kier molecular flexibility index (Phi) is 4.66. The SMILES string of the molecule is O=C(OCC1c2ccccc2-c2ccccc21)N1C[C@H](CO)[C@@H](CO)C1. The molecule has 0 saturated carbocycles. The fraction of sp³-hybridized carbons (Fsp3) is 0.381. The number of nitrogens with zero attached hydrogens (tertiary/aromatic N) is 1. The summed E-state index contributed by atoms with van der Waals surface area (Å²) in [7, 11) is 0. The number of hydrogen-bond acceptors (Lipinski definition) is 4. The van der Waals surface area contributed by atoms with Crippen molar-refractivity contribution in [3.63, 3.8) is 0 Å². The van der Waals surface area contributed by atoms with Crippen LogP contribution in [-0.4, -0.2) is 54.1 Å². The normalized spacial score (nSPS) is 21.5. The number of hydrogen-bond donors (Lipinski definition) is 2. The zero-order valence-corrected chi connectivity index (χ0v) is 14.5. The summed E-state index contributed by atoms with van der Waals surface area (Å²) >= 11 is 0. The number of benzene rings is 2. The first kappa shape index (κ1) is 17.1. The molecule has 2 aromatic rings. The summed E-state index contributed by atoms with van der Waals surface area (Å²) in [5.41, 5.74) is 4.77. The van der Waals surface area contributed by atoms with Crippen LogP contribution in [0.25, 0.3) is 11.1 Å². The van der Waals surface area contributed by atoms with E-state index in [4.69, 9.17) is 4.74 Å². The van der Waals surface area contributed by atoms with Gasteiger partial charge in [-0.15, -0.1) is 0 Å². The van der Waals surface area contributed by atoms with Crippen LogP contribution in [0.2, 0.25) is 0 Å². The number of carbonyl (C=O) groups is 1. The van der Waals surface area contributed by atoms with Crippen LogP contribution in [-0.2, 0) is 4.74 Å². The average Bonchev–Trinajstić information content (AvgIpc) is 3.25. The monoisotopic (exact) mass is 353 g/mol. The number of carbonyl (C=O) groups excluding carboxylic acids is 1. The molecule has 1 fully saturated rings. The van der Waals surface area contributed by atoms with Crippen LogP contribution in [0.5, 0.6) is 0 Å². The van der Waals surface area contributed by atoms with Crippen molar-refractivity contribution in [3.05, 3.63) is 59.7 Å². The lowest BCUT2D eigenvalue weighted by molar-refractivity contribution is 0.104. The molecule has 2 aliphatic rings. The molecule has 2 aromatic carbocycles. The summed E-state index contributed by atoms with van der Waals surface area (Å²) in [4.78, 5) is 14.1. The molecule has 4 rings (SSSR count). The van der Waals surface area contributed by atoms with Gasteiger partial charge in [0.1, 0.15) is 6.61 Å². The van der Waals surface area contributed by atoms with E-state index in [9.17, 15) is 15.0 Å². The largest absolute Gasteiger partial charge is 0.448 e. The highest BCUT2D eigenvalue weighted by atomic mass is 16.6. The van der Waals surface area contributed by atoms with Crippen molar-refractivity contribution < 1.29 is 19.7 Å². The minimum absolute atomic E-state index is 0.0294. The van der Waals surface area contributed by atoms with Crippen molar-refractivity contribution >= 4 is 6.09 Å². The summed E-state index contributed by atoms with van der Waals surface area (Å²) in [5.74, 6) is -0.128. The fourth-order valence-electron chi connectivity index (χ4n) is 4.19. The third-order valence-electron chi connectivity index (χ3n) is 5.64. The molecule has 136 valence electrons. The number of fused-ring (bicyclic) bond motifs is 3. The second-order valence-electron chi connectivity index (χ2n) is 7.09. The standard InChI is InChI=1S/C21H23NO4/c23-11-14-9-22(10-15(14)12-24)21(25)26-13-20-18-7-3-1-5-16(18)17-6-2-4-8-19(17)20/h1-8,14-15,20,23-24H,9-13H2/t14-,15-/m1/s1. The molecule has 5 nitrogen and oxygen atoms in total. The first-order valence-corrected chi connectivity index (χ1v) is 9.04. The number of amides is 1. The van der Waals surface area contributed by atoms with Gasteiger partial charge in [0.05, 0.1) is 0 Å². The topological polar surface area (TPSA) is 70.0 Å². The highest BCUT2D eigenvalue weighted by Crippen LogP contribution is 2.44. The Hall–Kier alpha value is -2.37. The Bertz CT molecular complexity index is 749. The molecule has 1 heterocycles. The van der Waals surface area contributed by atoms with Crippen LogP contribution in [0.1, 0.15) is 17.0 Å². The molecular formula is C21H23NO4. The Morgan fingerprint density at radius 2 is 1.42 bits per heavy atom. The molecule has 1 saturated heterocycles. The lowest BCUT2D eigenvalue weighted by Crippen LogP contribution is -2.31. The highest BCUT2D eigenvalue weighted by molar-refractivity contribution is 5.79. The maximum absolute atomic E-state index is 12.5. The molecule has 0 spiro atoms. The van der Waals surface area contributed by atoms with Crippen molar-refractivity contribution in [2.24, 2.45) is 11.8 Å². The molecule has 1 aliphatic carbocycles. The molecular weight excluding hydrogens is 330 g/mol. The van der Waals surface area contributed by atoms with Gasteiger partial charge in [0.15, 0.2) is 0 Å². The second-order valence-corrected chi connectivity index (χ2v) is 7.09. The molecule has 5 heteroatoms. The number of aliphatic hydroxyl groups excluding tert-OH is 2. The molecule has 1 amide bonds. The maximum atomic E-state index is 12.5. The Labute approximate surface area is 152 Å². The zero-order chi connectivity index (χ0) is 18.1. The van der Waals surface area contributed by atoms with Gasteiger partial charge in [0.2, 0.25) is 0 Å². The van der Waals surface area contributed by atoms with E-state index in [-0.39, 0.29) is 43.7 Å². The van der Waals surface area contributed by atoms with Crippen molar-refractivity contribution in [2.45, 2.75) is 5.92 Å². The van der Waals surface area contributed by atoms with E-state index in [1.165, 1.54) is 22.3 Å². The fourth-order valence-corrected chi connectivity index (χ4v) is 4.19.